The van der Waals surface area contributed by atoms with Crippen molar-refractivity contribution in [2.75, 3.05) is 6.61 Å². The lowest BCUT2D eigenvalue weighted by Crippen LogP contribution is -2.29. The average molecular weight is 585 g/mol. The molecule has 1 aliphatic heterocycles. The van der Waals surface area contributed by atoms with Crippen LogP contribution in [0.15, 0.2) is 121 Å². The zero-order chi connectivity index (χ0) is 29.7. The second-order valence-electron chi connectivity index (χ2n) is 9.08. The Bertz CT molecular complexity index is 1400. The molecule has 4 aromatic rings. The normalized spacial score (nSPS) is 17.2. The molecule has 5 rings (SSSR count). The molecule has 214 valence electrons. The van der Waals surface area contributed by atoms with E-state index in [1.165, 1.54) is 11.8 Å². The van der Waals surface area contributed by atoms with E-state index in [1.807, 2.05) is 18.2 Å². The first-order valence-corrected chi connectivity index (χ1v) is 14.0. The maximum atomic E-state index is 12.6. The first kappa shape index (κ1) is 30.1. The summed E-state index contributed by atoms with van der Waals surface area (Å²) in [6, 6.07) is 34.3. The molecule has 1 heterocycles. The van der Waals surface area contributed by atoms with Gasteiger partial charge in [-0.3, -0.25) is 0 Å². The van der Waals surface area contributed by atoms with Gasteiger partial charge in [-0.15, -0.1) is 11.8 Å². The van der Waals surface area contributed by atoms with Crippen molar-refractivity contribution in [3.8, 4) is 0 Å². The van der Waals surface area contributed by atoms with Crippen LogP contribution in [0.1, 0.15) is 47.9 Å². The van der Waals surface area contributed by atoms with Gasteiger partial charge in [0.25, 0.3) is 0 Å². The van der Waals surface area contributed by atoms with Gasteiger partial charge in [0.05, 0.1) is 22.3 Å². The standard InChI is InChI=1S/C26H22O6S.C7H6O2/c27-23(18-10-4-1-5-11-18)30-17-21-16-22(31-24(28)19-12-6-2-7-13-19)26(33-21)32-25(29)20-14-8-3-9-15-20;8-7(9)6-4-2-1-3-5-6/h1-15,21-22,26H,16-17H2;1-5H,(H,8,9)/t21-,22+,26?;/m1./s1. The second-order valence-corrected chi connectivity index (χ2v) is 10.5. The molecular weight excluding hydrogens is 556 g/mol. The molecule has 1 N–H and O–H groups in total. The zero-order valence-electron chi connectivity index (χ0n) is 22.4. The van der Waals surface area contributed by atoms with Crippen LogP contribution in [0.25, 0.3) is 0 Å². The molecule has 0 bridgehead atoms. The minimum Gasteiger partial charge on any atom is -0.478 e. The first-order chi connectivity index (χ1) is 20.4. The molecule has 1 unspecified atom stereocenters. The van der Waals surface area contributed by atoms with Gasteiger partial charge in [-0.2, -0.15) is 0 Å². The highest BCUT2D eigenvalue weighted by Gasteiger charge is 2.41. The van der Waals surface area contributed by atoms with Crippen molar-refractivity contribution in [1.29, 1.82) is 0 Å². The highest BCUT2D eigenvalue weighted by atomic mass is 32.2. The molecule has 0 amide bonds. The molecule has 9 heteroatoms. The molecule has 1 fully saturated rings. The Balaban J connectivity index is 0.000000385. The Morgan fingerprint density at radius 3 is 1.43 bits per heavy atom. The number of carbonyl (C=O) groups is 4. The molecule has 1 aliphatic rings. The molecule has 3 atom stereocenters. The number of aromatic carboxylic acids is 1. The summed E-state index contributed by atoms with van der Waals surface area (Å²) in [5.74, 6) is -2.31. The van der Waals surface area contributed by atoms with Crippen LogP contribution in [0.2, 0.25) is 0 Å². The number of carboxylic acids is 1. The van der Waals surface area contributed by atoms with Gasteiger partial charge >= 0.3 is 23.9 Å². The summed E-state index contributed by atoms with van der Waals surface area (Å²) in [5, 5.41) is 8.19. The first-order valence-electron chi connectivity index (χ1n) is 13.1. The van der Waals surface area contributed by atoms with Crippen molar-refractivity contribution in [1.82, 2.24) is 0 Å². The van der Waals surface area contributed by atoms with Crippen molar-refractivity contribution in [3.63, 3.8) is 0 Å². The fraction of sp³-hybridized carbons (Fsp3) is 0.152. The molecule has 0 aromatic heterocycles. The van der Waals surface area contributed by atoms with Gasteiger partial charge in [0.2, 0.25) is 0 Å². The van der Waals surface area contributed by atoms with Gasteiger partial charge in [0, 0.05) is 11.7 Å². The Labute approximate surface area is 247 Å². The van der Waals surface area contributed by atoms with Crippen LogP contribution < -0.4 is 0 Å². The molecule has 1 saturated heterocycles. The predicted molar refractivity (Wildman–Crippen MR) is 157 cm³/mol. The number of benzene rings is 4. The van der Waals surface area contributed by atoms with E-state index in [-0.39, 0.29) is 11.9 Å². The Morgan fingerprint density at radius 1 is 0.595 bits per heavy atom. The Kier molecular flexibility index (Phi) is 10.9. The molecule has 0 spiro atoms. The molecule has 0 aliphatic carbocycles. The highest BCUT2D eigenvalue weighted by Crippen LogP contribution is 2.38. The summed E-state index contributed by atoms with van der Waals surface area (Å²) in [4.78, 5) is 47.7. The maximum absolute atomic E-state index is 12.6. The van der Waals surface area contributed by atoms with Gasteiger partial charge in [0.1, 0.15) is 12.7 Å². The van der Waals surface area contributed by atoms with Crippen LogP contribution >= 0.6 is 11.8 Å². The van der Waals surface area contributed by atoms with E-state index in [9.17, 15) is 19.2 Å². The molecule has 8 nitrogen and oxygen atoms in total. The Hall–Kier alpha value is -4.89. The SMILES string of the molecule is O=C(O)c1ccccc1.O=C(OC[C@H]1C[C@H](OC(=O)c2ccccc2)C(OC(=O)c2ccccc2)S1)c1ccccc1. The molecule has 0 radical (unpaired) electrons. The lowest BCUT2D eigenvalue weighted by molar-refractivity contribution is -0.00863. The minimum absolute atomic E-state index is 0.108. The van der Waals surface area contributed by atoms with Crippen molar-refractivity contribution >= 4 is 35.6 Å². The summed E-state index contributed by atoms with van der Waals surface area (Å²) in [7, 11) is 0. The maximum Gasteiger partial charge on any atom is 0.339 e. The van der Waals surface area contributed by atoms with Crippen LogP contribution in [-0.2, 0) is 14.2 Å². The number of thioether (sulfide) groups is 1. The summed E-state index contributed by atoms with van der Waals surface area (Å²) in [6.07, 6.45) is -0.284. The fourth-order valence-corrected chi connectivity index (χ4v) is 5.26. The number of esters is 3. The third-order valence-corrected chi connectivity index (χ3v) is 7.44. The molecule has 42 heavy (non-hydrogen) atoms. The predicted octanol–water partition coefficient (Wildman–Crippen LogP) is 6.14. The number of carboxylic acid groups (broad SMARTS) is 1. The largest absolute Gasteiger partial charge is 0.478 e. The zero-order valence-corrected chi connectivity index (χ0v) is 23.2. The highest BCUT2D eigenvalue weighted by molar-refractivity contribution is 8.00. The number of hydrogen-bond acceptors (Lipinski definition) is 8. The summed E-state index contributed by atoms with van der Waals surface area (Å²) in [6.45, 7) is 0.108. The quantitative estimate of drug-likeness (QED) is 0.192. The van der Waals surface area contributed by atoms with Crippen molar-refractivity contribution < 1.29 is 38.5 Å². The lowest BCUT2D eigenvalue weighted by atomic mass is 10.2. The summed E-state index contributed by atoms with van der Waals surface area (Å²) >= 11 is 1.32. The number of rotatable bonds is 8. The average Bonchev–Trinajstić information content (AvgIpc) is 3.42. The van der Waals surface area contributed by atoms with Gasteiger partial charge < -0.3 is 19.3 Å². The van der Waals surface area contributed by atoms with E-state index in [2.05, 4.69) is 0 Å². The fourth-order valence-electron chi connectivity index (χ4n) is 3.95. The van der Waals surface area contributed by atoms with Gasteiger partial charge in [-0.25, -0.2) is 19.2 Å². The molecule has 4 aromatic carbocycles. The van der Waals surface area contributed by atoms with Gasteiger partial charge in [-0.1, -0.05) is 72.8 Å². The summed E-state index contributed by atoms with van der Waals surface area (Å²) < 4.78 is 16.8. The van der Waals surface area contributed by atoms with Crippen LogP contribution in [0.4, 0.5) is 0 Å². The Morgan fingerprint density at radius 2 is 1.00 bits per heavy atom. The topological polar surface area (TPSA) is 116 Å². The molecular formula is C33H28O8S. The number of hydrogen-bond donors (Lipinski definition) is 1. The number of carbonyl (C=O) groups excluding carboxylic acids is 3. The van der Waals surface area contributed by atoms with E-state index >= 15 is 0 Å². The van der Waals surface area contributed by atoms with Crippen molar-refractivity contribution in [2.45, 2.75) is 23.2 Å². The monoisotopic (exact) mass is 584 g/mol. The minimum atomic E-state index is -0.879. The van der Waals surface area contributed by atoms with Crippen molar-refractivity contribution in [3.05, 3.63) is 144 Å². The van der Waals surface area contributed by atoms with E-state index in [0.29, 0.717) is 28.7 Å². The third kappa shape index (κ3) is 8.81. The van der Waals surface area contributed by atoms with E-state index in [1.54, 1.807) is 103 Å². The molecule has 0 saturated carbocycles. The lowest BCUT2D eigenvalue weighted by Gasteiger charge is -2.19. The van der Waals surface area contributed by atoms with Crippen LogP contribution in [0.5, 0.6) is 0 Å². The number of ether oxygens (including phenoxy) is 3. The van der Waals surface area contributed by atoms with Crippen LogP contribution in [-0.4, -0.2) is 52.4 Å². The van der Waals surface area contributed by atoms with Crippen LogP contribution in [0, 0.1) is 0 Å². The van der Waals surface area contributed by atoms with Gasteiger partial charge in [0.15, 0.2) is 5.44 Å². The second kappa shape index (κ2) is 15.2. The third-order valence-electron chi connectivity index (χ3n) is 6.06. The van der Waals surface area contributed by atoms with E-state index in [0.717, 1.165) is 0 Å². The van der Waals surface area contributed by atoms with E-state index in [4.69, 9.17) is 19.3 Å². The van der Waals surface area contributed by atoms with Crippen LogP contribution in [0.3, 0.4) is 0 Å². The summed E-state index contributed by atoms with van der Waals surface area (Å²) in [5.41, 5.74) is 0.891. The van der Waals surface area contributed by atoms with E-state index < -0.39 is 35.4 Å². The van der Waals surface area contributed by atoms with Crippen molar-refractivity contribution in [2.24, 2.45) is 0 Å². The van der Waals surface area contributed by atoms with Gasteiger partial charge in [-0.05, 0) is 48.5 Å². The smallest absolute Gasteiger partial charge is 0.339 e.